The summed E-state index contributed by atoms with van der Waals surface area (Å²) in [6.45, 7) is 0.835. The van der Waals surface area contributed by atoms with Gasteiger partial charge in [-0.25, -0.2) is 4.98 Å². The van der Waals surface area contributed by atoms with Crippen LogP contribution in [-0.4, -0.2) is 27.2 Å². The number of anilines is 1. The molecule has 0 saturated heterocycles. The van der Waals surface area contributed by atoms with Crippen molar-refractivity contribution < 1.29 is 23.1 Å². The van der Waals surface area contributed by atoms with Crippen LogP contribution in [0.1, 0.15) is 16.8 Å². The number of carbonyl (C=O) groups is 1. The molecule has 10 heteroatoms. The van der Waals surface area contributed by atoms with E-state index in [2.05, 4.69) is 10.3 Å². The highest BCUT2D eigenvalue weighted by molar-refractivity contribution is 6.33. The number of nitrogens with zero attached hydrogens (tertiary/aromatic N) is 2. The number of nitrogens with one attached hydrogen (secondary N) is 1. The Morgan fingerprint density at radius 3 is 2.50 bits per heavy atom. The molecule has 1 amide bonds. The van der Waals surface area contributed by atoms with E-state index in [1.807, 2.05) is 0 Å². The number of aliphatic hydroxyl groups excluding tert-OH is 1. The van der Waals surface area contributed by atoms with Crippen molar-refractivity contribution in [2.75, 3.05) is 11.9 Å². The van der Waals surface area contributed by atoms with Gasteiger partial charge in [0.15, 0.2) is 0 Å². The number of amides is 1. The predicted octanol–water partition coefficient (Wildman–Crippen LogP) is 4.06. The van der Waals surface area contributed by atoms with E-state index in [-0.39, 0.29) is 35.1 Å². The number of alkyl halides is 3. The predicted molar refractivity (Wildman–Crippen MR) is 115 cm³/mol. The van der Waals surface area contributed by atoms with Crippen LogP contribution in [-0.2, 0) is 23.9 Å². The summed E-state index contributed by atoms with van der Waals surface area (Å²) in [5.41, 5.74) is -0.473. The van der Waals surface area contributed by atoms with Gasteiger partial charge in [0.25, 0.3) is 5.56 Å². The van der Waals surface area contributed by atoms with Crippen molar-refractivity contribution in [3.05, 3.63) is 80.7 Å². The van der Waals surface area contributed by atoms with Crippen molar-refractivity contribution in [2.45, 2.75) is 26.1 Å². The number of aryl methyl sites for hydroxylation is 1. The second-order valence-corrected chi connectivity index (χ2v) is 7.38. The number of benzene rings is 2. The maximum Gasteiger partial charge on any atom is 0.416 e. The largest absolute Gasteiger partial charge is 0.416 e. The third-order valence-corrected chi connectivity index (χ3v) is 5.06. The molecule has 0 unspecified atom stereocenters. The van der Waals surface area contributed by atoms with Crippen molar-refractivity contribution in [1.29, 1.82) is 0 Å². The van der Waals surface area contributed by atoms with Gasteiger partial charge in [-0.15, -0.1) is 0 Å². The van der Waals surface area contributed by atoms with E-state index >= 15 is 0 Å². The molecule has 2 aromatic carbocycles. The Kier molecular flexibility index (Phi) is 7.00. The van der Waals surface area contributed by atoms with E-state index in [4.69, 9.17) is 11.6 Å². The van der Waals surface area contributed by atoms with E-state index < -0.39 is 29.8 Å². The minimum Gasteiger partial charge on any atom is -0.396 e. The van der Waals surface area contributed by atoms with Crippen LogP contribution >= 0.6 is 11.6 Å². The quantitative estimate of drug-likeness (QED) is 0.575. The number of aliphatic hydroxyl groups is 1. The van der Waals surface area contributed by atoms with Gasteiger partial charge in [-0.3, -0.25) is 14.2 Å². The van der Waals surface area contributed by atoms with Gasteiger partial charge in [0.05, 0.1) is 16.3 Å². The second-order valence-electron chi connectivity index (χ2n) is 6.97. The molecule has 0 spiro atoms. The highest BCUT2D eigenvalue weighted by atomic mass is 35.5. The Morgan fingerprint density at radius 1 is 1.19 bits per heavy atom. The summed E-state index contributed by atoms with van der Waals surface area (Å²) >= 11 is 5.95. The smallest absolute Gasteiger partial charge is 0.396 e. The molecule has 168 valence electrons. The van der Waals surface area contributed by atoms with Crippen LogP contribution in [0.15, 0.2) is 53.3 Å². The number of rotatable bonds is 6. The standard InChI is InChI=1S/C22H19ClF3N3O3/c1-13-16(9-10-30)21(32)29(20(27-13)14-5-3-2-4-6-14)12-19(31)28-18-11-15(22(24,25)26)7-8-17(18)23/h2-8,11,30H,9-10,12H2,1H3,(H,28,31). The summed E-state index contributed by atoms with van der Waals surface area (Å²) in [7, 11) is 0. The highest BCUT2D eigenvalue weighted by Gasteiger charge is 2.31. The summed E-state index contributed by atoms with van der Waals surface area (Å²) in [6.07, 6.45) is -4.56. The number of hydrogen-bond acceptors (Lipinski definition) is 4. The molecule has 0 aliphatic heterocycles. The average Bonchev–Trinajstić information content (AvgIpc) is 2.74. The van der Waals surface area contributed by atoms with Crippen molar-refractivity contribution >= 4 is 23.2 Å². The first-order valence-electron chi connectivity index (χ1n) is 9.55. The lowest BCUT2D eigenvalue weighted by atomic mass is 10.1. The van der Waals surface area contributed by atoms with Crippen molar-refractivity contribution in [2.24, 2.45) is 0 Å². The topological polar surface area (TPSA) is 84.2 Å². The van der Waals surface area contributed by atoms with E-state index in [1.54, 1.807) is 37.3 Å². The van der Waals surface area contributed by atoms with Crippen molar-refractivity contribution in [3.8, 4) is 11.4 Å². The fourth-order valence-corrected chi connectivity index (χ4v) is 3.35. The molecule has 0 aliphatic carbocycles. The lowest BCUT2D eigenvalue weighted by molar-refractivity contribution is -0.137. The maximum atomic E-state index is 13.1. The number of carbonyl (C=O) groups excluding carboxylic acids is 1. The van der Waals surface area contributed by atoms with Gasteiger partial charge in [-0.2, -0.15) is 13.2 Å². The van der Waals surface area contributed by atoms with Gasteiger partial charge in [0, 0.05) is 29.8 Å². The van der Waals surface area contributed by atoms with Gasteiger partial charge < -0.3 is 10.4 Å². The molecule has 6 nitrogen and oxygen atoms in total. The zero-order valence-electron chi connectivity index (χ0n) is 16.9. The lowest BCUT2D eigenvalue weighted by Gasteiger charge is -2.16. The average molecular weight is 466 g/mol. The molecule has 0 atom stereocenters. The summed E-state index contributed by atoms with van der Waals surface area (Å²) in [5, 5.41) is 11.5. The Hall–Kier alpha value is -3.17. The Bertz CT molecular complexity index is 1190. The SMILES string of the molecule is Cc1nc(-c2ccccc2)n(CC(=O)Nc2cc(C(F)(F)F)ccc2Cl)c(=O)c1CCO. The van der Waals surface area contributed by atoms with Crippen LogP contribution in [0.25, 0.3) is 11.4 Å². The molecule has 0 fully saturated rings. The van der Waals surface area contributed by atoms with Gasteiger partial charge in [-0.1, -0.05) is 41.9 Å². The lowest BCUT2D eigenvalue weighted by Crippen LogP contribution is -2.33. The molecule has 1 heterocycles. The molecule has 3 aromatic rings. The molecular weight excluding hydrogens is 447 g/mol. The van der Waals surface area contributed by atoms with E-state index in [1.165, 1.54) is 0 Å². The van der Waals surface area contributed by atoms with Crippen LogP contribution < -0.4 is 10.9 Å². The molecule has 0 bridgehead atoms. The fraction of sp³-hybridized carbons (Fsp3) is 0.227. The van der Waals surface area contributed by atoms with Crippen LogP contribution in [0.5, 0.6) is 0 Å². The Balaban J connectivity index is 2.00. The molecule has 0 aliphatic rings. The first kappa shape index (κ1) is 23.5. The van der Waals surface area contributed by atoms with Crippen LogP contribution in [0.4, 0.5) is 18.9 Å². The third kappa shape index (κ3) is 5.17. The van der Waals surface area contributed by atoms with Gasteiger partial charge in [0.2, 0.25) is 5.91 Å². The minimum atomic E-state index is -4.61. The van der Waals surface area contributed by atoms with Crippen molar-refractivity contribution in [3.63, 3.8) is 0 Å². The van der Waals surface area contributed by atoms with Crippen LogP contribution in [0, 0.1) is 6.92 Å². The van der Waals surface area contributed by atoms with E-state index in [0.29, 0.717) is 11.3 Å². The zero-order valence-corrected chi connectivity index (χ0v) is 17.7. The van der Waals surface area contributed by atoms with E-state index in [0.717, 1.165) is 22.8 Å². The molecular formula is C22H19ClF3N3O3. The molecule has 32 heavy (non-hydrogen) atoms. The third-order valence-electron chi connectivity index (χ3n) is 4.73. The van der Waals surface area contributed by atoms with Crippen LogP contribution in [0.2, 0.25) is 5.02 Å². The monoisotopic (exact) mass is 465 g/mol. The second kappa shape index (κ2) is 9.54. The van der Waals surface area contributed by atoms with Crippen molar-refractivity contribution in [1.82, 2.24) is 9.55 Å². The first-order valence-corrected chi connectivity index (χ1v) is 9.92. The van der Waals surface area contributed by atoms with E-state index in [9.17, 15) is 27.9 Å². The van der Waals surface area contributed by atoms with Gasteiger partial charge >= 0.3 is 6.18 Å². The number of halogens is 4. The molecule has 0 radical (unpaired) electrons. The molecule has 0 saturated carbocycles. The normalized spacial score (nSPS) is 11.4. The number of hydrogen-bond donors (Lipinski definition) is 2. The fourth-order valence-electron chi connectivity index (χ4n) is 3.19. The van der Waals surface area contributed by atoms with Gasteiger partial charge in [-0.05, 0) is 25.1 Å². The molecule has 1 aromatic heterocycles. The summed E-state index contributed by atoms with van der Waals surface area (Å²) in [4.78, 5) is 30.2. The minimum absolute atomic E-state index is 0.0494. The van der Waals surface area contributed by atoms with Gasteiger partial charge in [0.1, 0.15) is 12.4 Å². The molecule has 3 rings (SSSR count). The first-order chi connectivity index (χ1) is 15.1. The highest BCUT2D eigenvalue weighted by Crippen LogP contribution is 2.33. The summed E-state index contributed by atoms with van der Waals surface area (Å²) < 4.78 is 40.1. The Morgan fingerprint density at radius 2 is 1.88 bits per heavy atom. The van der Waals surface area contributed by atoms with Crippen LogP contribution in [0.3, 0.4) is 0 Å². The zero-order chi connectivity index (χ0) is 23.5. The Labute approximate surface area is 186 Å². The molecule has 2 N–H and O–H groups in total. The summed E-state index contributed by atoms with van der Waals surface area (Å²) in [6, 6.07) is 11.3. The summed E-state index contributed by atoms with van der Waals surface area (Å²) in [5.74, 6) is -0.536. The number of aromatic nitrogens is 2. The maximum absolute atomic E-state index is 13.1.